The Hall–Kier alpha value is -2.10. The number of hydrogen-bond acceptors (Lipinski definition) is 2. The summed E-state index contributed by atoms with van der Waals surface area (Å²) in [6.45, 7) is 0. The molecule has 1 aliphatic rings. The molecule has 0 spiro atoms. The number of aromatic amines is 1. The van der Waals surface area contributed by atoms with Crippen LogP contribution in [0.5, 0.6) is 0 Å². The van der Waals surface area contributed by atoms with E-state index >= 15 is 0 Å². The van der Waals surface area contributed by atoms with Crippen LogP contribution in [0.3, 0.4) is 0 Å². The summed E-state index contributed by atoms with van der Waals surface area (Å²) in [6.07, 6.45) is 1.75. The SMILES string of the molecule is O=C1NC(=O)c2c1ccc1cc[nH]c21. The zero-order valence-corrected chi connectivity index (χ0v) is 7.13. The van der Waals surface area contributed by atoms with Gasteiger partial charge in [-0.1, -0.05) is 6.07 Å². The molecule has 3 rings (SSSR count). The molecule has 14 heavy (non-hydrogen) atoms. The minimum Gasteiger partial charge on any atom is -0.361 e. The summed E-state index contributed by atoms with van der Waals surface area (Å²) in [5, 5.41) is 3.20. The van der Waals surface area contributed by atoms with E-state index in [-0.39, 0.29) is 11.8 Å². The maximum absolute atomic E-state index is 11.4. The van der Waals surface area contributed by atoms with Gasteiger partial charge in [0.25, 0.3) is 11.8 Å². The molecular formula is C10H6N2O2. The minimum absolute atomic E-state index is 0.318. The molecule has 2 amide bonds. The molecule has 0 aliphatic carbocycles. The summed E-state index contributed by atoms with van der Waals surface area (Å²) in [6, 6.07) is 5.36. The highest BCUT2D eigenvalue weighted by atomic mass is 16.2. The van der Waals surface area contributed by atoms with Crippen molar-refractivity contribution in [2.75, 3.05) is 0 Å². The average Bonchev–Trinajstić information content (AvgIpc) is 2.71. The van der Waals surface area contributed by atoms with E-state index in [0.717, 1.165) is 10.9 Å². The second-order valence-corrected chi connectivity index (χ2v) is 3.21. The lowest BCUT2D eigenvalue weighted by molar-refractivity contribution is 0.0880. The standard InChI is InChI=1S/C10H6N2O2/c13-9-6-2-1-5-3-4-11-8(5)7(6)10(14)12-9/h1-4,11H,(H,12,13,14). The van der Waals surface area contributed by atoms with E-state index < -0.39 is 0 Å². The number of carbonyl (C=O) groups excluding carboxylic acids is 2. The third kappa shape index (κ3) is 0.724. The molecule has 0 bridgehead atoms. The normalized spacial score (nSPS) is 14.6. The molecule has 4 heteroatoms. The number of carbonyl (C=O) groups is 2. The number of amides is 2. The molecule has 1 aromatic heterocycles. The maximum Gasteiger partial charge on any atom is 0.261 e. The lowest BCUT2D eigenvalue weighted by Gasteiger charge is -1.95. The zero-order valence-electron chi connectivity index (χ0n) is 7.13. The van der Waals surface area contributed by atoms with Crippen LogP contribution in [-0.2, 0) is 0 Å². The Balaban J connectivity index is 2.51. The fraction of sp³-hybridized carbons (Fsp3) is 0. The van der Waals surface area contributed by atoms with Crippen LogP contribution in [0.2, 0.25) is 0 Å². The lowest BCUT2D eigenvalue weighted by atomic mass is 10.1. The van der Waals surface area contributed by atoms with Crippen molar-refractivity contribution in [3.05, 3.63) is 35.5 Å². The van der Waals surface area contributed by atoms with Gasteiger partial charge in [-0.15, -0.1) is 0 Å². The summed E-state index contributed by atoms with van der Waals surface area (Å²) in [5.74, 6) is -0.639. The predicted octanol–water partition coefficient (Wildman–Crippen LogP) is 1.05. The lowest BCUT2D eigenvalue weighted by Crippen LogP contribution is -2.20. The number of imide groups is 1. The molecule has 4 nitrogen and oxygen atoms in total. The Morgan fingerprint density at radius 2 is 1.86 bits per heavy atom. The van der Waals surface area contributed by atoms with Gasteiger partial charge in [-0.3, -0.25) is 14.9 Å². The Bertz CT molecular complexity index is 569. The fourth-order valence-corrected chi connectivity index (χ4v) is 1.79. The van der Waals surface area contributed by atoms with Crippen molar-refractivity contribution >= 4 is 22.7 Å². The predicted molar refractivity (Wildman–Crippen MR) is 50.1 cm³/mol. The van der Waals surface area contributed by atoms with Crippen LogP contribution in [0.4, 0.5) is 0 Å². The molecule has 0 unspecified atom stereocenters. The molecule has 0 fully saturated rings. The second-order valence-electron chi connectivity index (χ2n) is 3.21. The molecule has 68 valence electrons. The molecule has 2 N–H and O–H groups in total. The van der Waals surface area contributed by atoms with E-state index in [1.54, 1.807) is 12.3 Å². The van der Waals surface area contributed by atoms with Gasteiger partial charge in [0.15, 0.2) is 0 Å². The van der Waals surface area contributed by atoms with Gasteiger partial charge in [0.2, 0.25) is 0 Å². The van der Waals surface area contributed by atoms with Crippen LogP contribution in [0.25, 0.3) is 10.9 Å². The van der Waals surface area contributed by atoms with Crippen molar-refractivity contribution in [3.8, 4) is 0 Å². The summed E-state index contributed by atoms with van der Waals surface area (Å²) in [7, 11) is 0. The van der Waals surface area contributed by atoms with Gasteiger partial charge in [0.05, 0.1) is 16.6 Å². The molecule has 0 atom stereocenters. The first-order chi connectivity index (χ1) is 6.77. The number of rotatable bonds is 0. The molecule has 0 radical (unpaired) electrons. The first kappa shape index (κ1) is 7.32. The van der Waals surface area contributed by atoms with Crippen molar-refractivity contribution < 1.29 is 9.59 Å². The van der Waals surface area contributed by atoms with E-state index in [1.165, 1.54) is 0 Å². The van der Waals surface area contributed by atoms with Gasteiger partial charge in [0.1, 0.15) is 0 Å². The minimum atomic E-state index is -0.321. The smallest absolute Gasteiger partial charge is 0.261 e. The quantitative estimate of drug-likeness (QED) is 0.604. The molecule has 1 aliphatic heterocycles. The highest BCUT2D eigenvalue weighted by molar-refractivity contribution is 6.26. The summed E-state index contributed by atoms with van der Waals surface area (Å²) in [5.41, 5.74) is 1.63. The van der Waals surface area contributed by atoms with Crippen LogP contribution in [-0.4, -0.2) is 16.8 Å². The zero-order chi connectivity index (χ0) is 9.71. The largest absolute Gasteiger partial charge is 0.361 e. The van der Waals surface area contributed by atoms with Crippen LogP contribution >= 0.6 is 0 Å². The Kier molecular flexibility index (Phi) is 1.16. The van der Waals surface area contributed by atoms with Crippen LogP contribution in [0.15, 0.2) is 24.4 Å². The summed E-state index contributed by atoms with van der Waals surface area (Å²) in [4.78, 5) is 25.7. The number of benzene rings is 1. The highest BCUT2D eigenvalue weighted by Crippen LogP contribution is 2.24. The van der Waals surface area contributed by atoms with E-state index in [2.05, 4.69) is 10.3 Å². The number of nitrogens with one attached hydrogen (secondary N) is 2. The molecule has 2 heterocycles. The van der Waals surface area contributed by atoms with Crippen molar-refractivity contribution in [2.24, 2.45) is 0 Å². The number of hydrogen-bond donors (Lipinski definition) is 2. The molecule has 2 aromatic rings. The Morgan fingerprint density at radius 1 is 1.00 bits per heavy atom. The van der Waals surface area contributed by atoms with Gasteiger partial charge in [-0.2, -0.15) is 0 Å². The van der Waals surface area contributed by atoms with Crippen LogP contribution in [0.1, 0.15) is 20.7 Å². The third-order valence-electron chi connectivity index (χ3n) is 2.43. The summed E-state index contributed by atoms with van der Waals surface area (Å²) < 4.78 is 0. The average molecular weight is 186 g/mol. The van der Waals surface area contributed by atoms with Crippen molar-refractivity contribution in [3.63, 3.8) is 0 Å². The molecule has 0 saturated heterocycles. The van der Waals surface area contributed by atoms with E-state index in [9.17, 15) is 9.59 Å². The maximum atomic E-state index is 11.4. The monoisotopic (exact) mass is 186 g/mol. The highest BCUT2D eigenvalue weighted by Gasteiger charge is 2.28. The van der Waals surface area contributed by atoms with Crippen molar-refractivity contribution in [2.45, 2.75) is 0 Å². The Labute approximate surface area is 78.9 Å². The van der Waals surface area contributed by atoms with E-state index in [4.69, 9.17) is 0 Å². The van der Waals surface area contributed by atoms with Crippen molar-refractivity contribution in [1.29, 1.82) is 0 Å². The van der Waals surface area contributed by atoms with Crippen LogP contribution in [0, 0.1) is 0 Å². The molecule has 0 saturated carbocycles. The Morgan fingerprint density at radius 3 is 2.71 bits per heavy atom. The molecular weight excluding hydrogens is 180 g/mol. The number of fused-ring (bicyclic) bond motifs is 3. The first-order valence-corrected chi connectivity index (χ1v) is 4.23. The van der Waals surface area contributed by atoms with Gasteiger partial charge in [-0.05, 0) is 12.1 Å². The van der Waals surface area contributed by atoms with Gasteiger partial charge in [0, 0.05) is 11.6 Å². The second kappa shape index (κ2) is 2.23. The van der Waals surface area contributed by atoms with E-state index in [1.807, 2.05) is 12.1 Å². The third-order valence-corrected chi connectivity index (χ3v) is 2.43. The number of aromatic nitrogens is 1. The first-order valence-electron chi connectivity index (χ1n) is 4.23. The topological polar surface area (TPSA) is 62.0 Å². The number of H-pyrrole nitrogens is 1. The van der Waals surface area contributed by atoms with Gasteiger partial charge >= 0.3 is 0 Å². The van der Waals surface area contributed by atoms with Crippen LogP contribution < -0.4 is 5.32 Å². The summed E-state index contributed by atoms with van der Waals surface area (Å²) >= 11 is 0. The van der Waals surface area contributed by atoms with Crippen molar-refractivity contribution in [1.82, 2.24) is 10.3 Å². The van der Waals surface area contributed by atoms with E-state index in [0.29, 0.717) is 11.1 Å². The molecule has 1 aromatic carbocycles. The fourth-order valence-electron chi connectivity index (χ4n) is 1.79. The van der Waals surface area contributed by atoms with Gasteiger partial charge < -0.3 is 4.98 Å². The van der Waals surface area contributed by atoms with Gasteiger partial charge in [-0.25, -0.2) is 0 Å².